The number of rotatable bonds is 17. The number of aromatic hydroxyl groups is 3. The molecule has 0 spiro atoms. The molecule has 0 fully saturated rings. The van der Waals surface area contributed by atoms with Gasteiger partial charge in [0.2, 0.25) is 5.91 Å². The number of hydrogen-bond acceptors (Lipinski definition) is 27. The number of carboxylic acid groups (broad SMARTS) is 2. The first-order valence-corrected chi connectivity index (χ1v) is 31.5. The smallest absolute Gasteiger partial charge is 0.335 e. The first kappa shape index (κ1) is 64.0. The lowest BCUT2D eigenvalue weighted by molar-refractivity contribution is -0.114. The van der Waals surface area contributed by atoms with E-state index in [4.69, 9.17) is 5.73 Å². The van der Waals surface area contributed by atoms with Crippen molar-refractivity contribution in [3.05, 3.63) is 102 Å². The molecule has 0 radical (unpaired) electrons. The molecular weight excluding hydrogens is 1300 g/mol. The number of carbonyl (C=O) groups is 3. The van der Waals surface area contributed by atoms with E-state index in [1.54, 1.807) is 0 Å². The summed E-state index contributed by atoms with van der Waals surface area (Å²) in [5.74, 6) is -7.74. The fourth-order valence-corrected chi connectivity index (χ4v) is 12.3. The minimum Gasteiger partial charge on any atom is -0.505 e. The number of nitrogen functional groups attached to an aromatic ring is 1. The van der Waals surface area contributed by atoms with Crippen LogP contribution in [0.3, 0.4) is 0 Å². The lowest BCUT2D eigenvalue weighted by Gasteiger charge is -2.15. The largest absolute Gasteiger partial charge is 0.505 e. The zero-order chi connectivity index (χ0) is 65.3. The predicted molar refractivity (Wildman–Crippen MR) is 298 cm³/mol. The maximum absolute atomic E-state index is 13.1. The summed E-state index contributed by atoms with van der Waals surface area (Å²) >= 11 is 0. The lowest BCUT2D eigenvalue weighted by atomic mass is 10.0. The third-order valence-corrected chi connectivity index (χ3v) is 17.2. The molecule has 8 aromatic carbocycles. The van der Waals surface area contributed by atoms with Gasteiger partial charge in [0.05, 0.1) is 33.6 Å². The molecule has 0 bridgehead atoms. The van der Waals surface area contributed by atoms with E-state index < -0.39 is 209 Å². The van der Waals surface area contributed by atoms with Gasteiger partial charge in [-0.3, -0.25) is 32.1 Å². The Labute approximate surface area is 490 Å². The second-order valence-electron chi connectivity index (χ2n) is 17.8. The van der Waals surface area contributed by atoms with Gasteiger partial charge >= 0.3 is 11.9 Å². The van der Waals surface area contributed by atoms with Crippen LogP contribution in [0.25, 0.3) is 32.3 Å². The summed E-state index contributed by atoms with van der Waals surface area (Å²) in [7, 11) is -33.3. The number of phenolic OH excluding ortho intramolecular Hbond substituents is 3. The maximum Gasteiger partial charge on any atom is 0.335 e. The van der Waals surface area contributed by atoms with Crippen LogP contribution in [-0.2, 0) is 65.5 Å². The van der Waals surface area contributed by atoms with E-state index in [1.807, 2.05) is 0 Å². The molecule has 0 heterocycles. The van der Waals surface area contributed by atoms with Crippen molar-refractivity contribution in [2.24, 2.45) is 40.9 Å². The summed E-state index contributed by atoms with van der Waals surface area (Å²) in [6.45, 7) is 1.06. The van der Waals surface area contributed by atoms with Gasteiger partial charge in [-0.1, -0.05) is 0 Å². The highest BCUT2D eigenvalue weighted by Crippen LogP contribution is 2.51. The van der Waals surface area contributed by atoms with Gasteiger partial charge in [-0.2, -0.15) is 60.7 Å². The topological polar surface area (TPSA) is 616 Å². The number of nitrogens with zero attached hydrogens (tertiary/aromatic N) is 8. The first-order valence-electron chi connectivity index (χ1n) is 22.9. The number of carbonyl (C=O) groups excluding carboxylic acids is 1. The molecule has 8 aromatic rings. The molecule has 42 heteroatoms. The number of amides is 1. The summed E-state index contributed by atoms with van der Waals surface area (Å²) in [6.07, 6.45) is 0. The number of carboxylic acids is 2. The molecule has 1 amide bonds. The molecule has 0 aliphatic heterocycles. The van der Waals surface area contributed by atoms with Crippen LogP contribution in [0, 0.1) is 0 Å². The summed E-state index contributed by atoms with van der Waals surface area (Å²) in [5, 5.41) is 80.0. The van der Waals surface area contributed by atoms with E-state index in [2.05, 4.69) is 46.2 Å². The van der Waals surface area contributed by atoms with Crippen LogP contribution in [0.1, 0.15) is 27.6 Å². The summed E-state index contributed by atoms with van der Waals surface area (Å²) in [5.41, 5.74) is -3.18. The molecular formula is C46H32N10O26S6. The summed E-state index contributed by atoms with van der Waals surface area (Å²) < 4.78 is 214. The van der Waals surface area contributed by atoms with Gasteiger partial charge in [-0.25, -0.2) is 9.59 Å². The quantitative estimate of drug-likeness (QED) is 0.0231. The number of phenols is 3. The van der Waals surface area contributed by atoms with E-state index in [1.165, 1.54) is 0 Å². The number of hydrogen-bond donors (Lipinski definition) is 13. The van der Waals surface area contributed by atoms with Crippen molar-refractivity contribution >= 4 is 168 Å². The molecule has 0 saturated heterocycles. The van der Waals surface area contributed by atoms with E-state index in [0.717, 1.165) is 67.6 Å². The highest BCUT2D eigenvalue weighted by Gasteiger charge is 2.32. The number of anilines is 2. The van der Waals surface area contributed by atoms with Gasteiger partial charge < -0.3 is 36.6 Å². The molecule has 14 N–H and O–H groups in total. The molecule has 0 unspecified atom stereocenters. The van der Waals surface area contributed by atoms with Gasteiger partial charge in [0.15, 0.2) is 17.2 Å². The third-order valence-electron chi connectivity index (χ3n) is 11.9. The standard InChI is InChI=1S/C46H32N10O26S6/c1-17(57)48-21-3-7-31(83(65,66)67)29(13-21)52-56-39-34(86(74,75)76)14-26-25(42(39)59)5-6-28(44(26)88(80,81)82)51-53-30-16-32(84(68,69)70)27-15-35(87(77,78)79)40(43(60)36(27)37(30)47)55-49-22-2-4-24-18(9-22)12-33(85(71,72)73)38(41(24)58)54-50-23-10-19(45(61)62)8-20(11-23)46(63)64/h2-16,58-60H,47H2,1H3,(H,48,57)(H,61,62)(H,63,64)(H,65,66,67)(H,68,69,70)(H,71,72,73)(H,74,75,76)(H,77,78,79)(H,80,81,82). The Kier molecular flexibility index (Phi) is 16.5. The SMILES string of the molecule is CC(=O)Nc1ccc(S(=O)(=O)O)c(N=Nc2c(S(=O)(=O)O)cc3c(S(=O)(=O)O)c(N=Nc4cc(S(=O)(=O)O)c5cc(S(=O)(=O)O)c(N=Nc6ccc7c(O)c(N=Nc8cc(C(=O)O)cc(C(=O)O)c8)c(S(=O)(=O)O)cc7c6)c(O)c5c4N)ccc3c2O)c1. The molecule has 8 rings (SSSR count). The minimum atomic E-state index is -5.75. The minimum absolute atomic E-state index is 0.150. The van der Waals surface area contributed by atoms with Crippen LogP contribution in [0.5, 0.6) is 17.2 Å². The Bertz CT molecular complexity index is 5300. The van der Waals surface area contributed by atoms with E-state index in [9.17, 15) is 118 Å². The molecule has 36 nitrogen and oxygen atoms in total. The molecule has 0 atom stereocenters. The summed E-state index contributed by atoms with van der Waals surface area (Å²) in [6, 6.07) is 11.0. The van der Waals surface area contributed by atoms with Crippen molar-refractivity contribution in [1.82, 2.24) is 0 Å². The van der Waals surface area contributed by atoms with Gasteiger partial charge in [-0.15, -0.1) is 30.7 Å². The van der Waals surface area contributed by atoms with Gasteiger partial charge in [0.25, 0.3) is 60.7 Å². The average Bonchev–Trinajstić information content (AvgIpc) is 0.826. The van der Waals surface area contributed by atoms with E-state index >= 15 is 0 Å². The lowest BCUT2D eigenvalue weighted by Crippen LogP contribution is -2.06. The highest BCUT2D eigenvalue weighted by atomic mass is 32.2. The molecule has 0 aliphatic carbocycles. The van der Waals surface area contributed by atoms with Crippen molar-refractivity contribution < 1.29 is 118 Å². The van der Waals surface area contributed by atoms with Crippen LogP contribution in [-0.4, -0.2) is 121 Å². The fourth-order valence-electron chi connectivity index (χ4n) is 8.26. The Morgan fingerprint density at radius 1 is 0.409 bits per heavy atom. The number of fused-ring (bicyclic) bond motifs is 3. The maximum atomic E-state index is 13.1. The summed E-state index contributed by atoms with van der Waals surface area (Å²) in [4.78, 5) is 26.9. The predicted octanol–water partition coefficient (Wildman–Crippen LogP) is 8.34. The molecule has 0 aromatic heterocycles. The van der Waals surface area contributed by atoms with Crippen molar-refractivity contribution in [2.45, 2.75) is 36.3 Å². The van der Waals surface area contributed by atoms with Gasteiger partial charge in [-0.05, 0) is 96.4 Å². The number of azo groups is 4. The van der Waals surface area contributed by atoms with Crippen LogP contribution in [0.15, 0.2) is 161 Å². The Morgan fingerprint density at radius 2 is 0.875 bits per heavy atom. The first-order chi connectivity index (χ1) is 40.6. The van der Waals surface area contributed by atoms with Crippen molar-refractivity contribution in [1.29, 1.82) is 0 Å². The van der Waals surface area contributed by atoms with Crippen LogP contribution >= 0.6 is 0 Å². The normalized spacial score (nSPS) is 13.0. The average molecular weight is 1330 g/mol. The van der Waals surface area contributed by atoms with E-state index in [0.29, 0.717) is 30.3 Å². The van der Waals surface area contributed by atoms with Crippen LogP contribution in [0.4, 0.5) is 56.9 Å². The third kappa shape index (κ3) is 13.1. The Balaban J connectivity index is 1.26. The van der Waals surface area contributed by atoms with Crippen LogP contribution < -0.4 is 11.1 Å². The molecule has 458 valence electrons. The monoisotopic (exact) mass is 1330 g/mol. The number of benzene rings is 8. The fraction of sp³-hybridized carbons (Fsp3) is 0.0217. The van der Waals surface area contributed by atoms with E-state index in [-0.39, 0.29) is 16.5 Å². The Hall–Kier alpha value is -9.99. The van der Waals surface area contributed by atoms with Crippen LogP contribution in [0.2, 0.25) is 0 Å². The molecule has 88 heavy (non-hydrogen) atoms. The second kappa shape index (κ2) is 22.7. The zero-order valence-electron chi connectivity index (χ0n) is 42.8. The van der Waals surface area contributed by atoms with Crippen molar-refractivity contribution in [3.63, 3.8) is 0 Å². The van der Waals surface area contributed by atoms with Gasteiger partial charge in [0, 0.05) is 34.2 Å². The van der Waals surface area contributed by atoms with Crippen molar-refractivity contribution in [3.8, 4) is 17.2 Å². The molecule has 0 saturated carbocycles. The second-order valence-corrected chi connectivity index (χ2v) is 26.1. The molecule has 0 aliphatic rings. The van der Waals surface area contributed by atoms with Gasteiger partial charge in [0.1, 0.15) is 63.5 Å². The number of nitrogens with one attached hydrogen (secondary N) is 1. The number of aromatic carboxylic acids is 2. The number of nitrogens with two attached hydrogens (primary N) is 1. The zero-order valence-corrected chi connectivity index (χ0v) is 47.7. The Morgan fingerprint density at radius 3 is 1.40 bits per heavy atom. The highest BCUT2D eigenvalue weighted by molar-refractivity contribution is 7.87. The van der Waals surface area contributed by atoms with Crippen molar-refractivity contribution in [2.75, 3.05) is 11.1 Å².